The van der Waals surface area contributed by atoms with E-state index in [4.69, 9.17) is 4.74 Å². The maximum atomic E-state index is 13.1. The number of aromatic nitrogens is 1. The molecule has 0 saturated carbocycles. The van der Waals surface area contributed by atoms with Crippen LogP contribution in [0.3, 0.4) is 0 Å². The molecule has 0 bridgehead atoms. The average Bonchev–Trinajstić information content (AvgIpc) is 2.53. The lowest BCUT2D eigenvalue weighted by atomic mass is 9.98. The van der Waals surface area contributed by atoms with Crippen LogP contribution in [0, 0.1) is 0 Å². The lowest BCUT2D eigenvalue weighted by Crippen LogP contribution is -2.59. The number of rotatable bonds is 1. The Balaban J connectivity index is 1.82. The molecule has 2 saturated heterocycles. The van der Waals surface area contributed by atoms with Gasteiger partial charge >= 0.3 is 6.18 Å². The van der Waals surface area contributed by atoms with Crippen LogP contribution in [0.5, 0.6) is 0 Å². The van der Waals surface area contributed by atoms with E-state index in [0.29, 0.717) is 32.3 Å². The highest BCUT2D eigenvalue weighted by atomic mass is 19.4. The number of piperidine rings is 1. The summed E-state index contributed by atoms with van der Waals surface area (Å²) in [4.78, 5) is 19.7. The molecule has 0 radical (unpaired) electrons. The largest absolute Gasteiger partial charge is 0.418 e. The Labute approximate surface area is 132 Å². The Morgan fingerprint density at radius 3 is 2.91 bits per heavy atom. The van der Waals surface area contributed by atoms with Crippen molar-refractivity contribution in [1.29, 1.82) is 0 Å². The standard InChI is InChI=1S/C15H18F3N3O2/c1-20-6-7-23-13-3-5-21(9-12(13)20)14(22)10-2-4-19-8-11(10)15(16,17)18/h2,4,8,12-13H,3,5-7,9H2,1H3. The number of likely N-dealkylation sites (N-methyl/N-ethyl adjacent to an activating group) is 1. The molecule has 3 rings (SSSR count). The van der Waals surface area contributed by atoms with Gasteiger partial charge in [0.15, 0.2) is 0 Å². The second-order valence-corrected chi connectivity index (χ2v) is 5.92. The minimum absolute atomic E-state index is 0.0256. The van der Waals surface area contributed by atoms with Gasteiger partial charge in [0.05, 0.1) is 29.9 Å². The lowest BCUT2D eigenvalue weighted by Gasteiger charge is -2.45. The van der Waals surface area contributed by atoms with Crippen molar-refractivity contribution in [3.8, 4) is 0 Å². The fraction of sp³-hybridized carbons (Fsp3) is 0.600. The van der Waals surface area contributed by atoms with E-state index in [-0.39, 0.29) is 17.7 Å². The highest BCUT2D eigenvalue weighted by Crippen LogP contribution is 2.32. The van der Waals surface area contributed by atoms with E-state index in [1.54, 1.807) is 0 Å². The zero-order chi connectivity index (χ0) is 16.6. The first-order valence-corrected chi connectivity index (χ1v) is 7.50. The molecular formula is C15H18F3N3O2. The van der Waals surface area contributed by atoms with Crippen molar-refractivity contribution < 1.29 is 22.7 Å². The molecule has 0 aromatic carbocycles. The summed E-state index contributed by atoms with van der Waals surface area (Å²) < 4.78 is 44.9. The van der Waals surface area contributed by atoms with Gasteiger partial charge in [0.1, 0.15) is 0 Å². The molecule has 2 unspecified atom stereocenters. The van der Waals surface area contributed by atoms with Crippen molar-refractivity contribution in [3.05, 3.63) is 29.6 Å². The number of fused-ring (bicyclic) bond motifs is 1. The number of alkyl halides is 3. The number of halogens is 3. The summed E-state index contributed by atoms with van der Waals surface area (Å²) in [5, 5.41) is 0. The van der Waals surface area contributed by atoms with E-state index < -0.39 is 17.6 Å². The first-order valence-electron chi connectivity index (χ1n) is 7.50. The SMILES string of the molecule is CN1CCOC2CCN(C(=O)c3ccncc3C(F)(F)F)CC21. The van der Waals surface area contributed by atoms with Crippen LogP contribution in [0.4, 0.5) is 13.2 Å². The predicted octanol–water partition coefficient (Wildman–Crippen LogP) is 1.65. The minimum atomic E-state index is -4.59. The van der Waals surface area contributed by atoms with Crippen molar-refractivity contribution in [1.82, 2.24) is 14.8 Å². The minimum Gasteiger partial charge on any atom is -0.375 e. The molecule has 0 aliphatic carbocycles. The van der Waals surface area contributed by atoms with Crippen LogP contribution in [0.25, 0.3) is 0 Å². The number of nitrogens with zero attached hydrogens (tertiary/aromatic N) is 3. The second-order valence-electron chi connectivity index (χ2n) is 5.92. The lowest BCUT2D eigenvalue weighted by molar-refractivity contribution is -0.138. The number of pyridine rings is 1. The van der Waals surface area contributed by atoms with E-state index in [1.807, 2.05) is 7.05 Å². The summed E-state index contributed by atoms with van der Waals surface area (Å²) in [6.45, 7) is 2.17. The number of carbonyl (C=O) groups excluding carboxylic acids is 1. The molecule has 0 N–H and O–H groups in total. The maximum absolute atomic E-state index is 13.1. The fourth-order valence-corrected chi connectivity index (χ4v) is 3.20. The third-order valence-corrected chi connectivity index (χ3v) is 4.51. The van der Waals surface area contributed by atoms with Gasteiger partial charge in [0, 0.05) is 32.0 Å². The summed E-state index contributed by atoms with van der Waals surface area (Å²) >= 11 is 0. The first-order chi connectivity index (χ1) is 10.9. The predicted molar refractivity (Wildman–Crippen MR) is 75.9 cm³/mol. The van der Waals surface area contributed by atoms with Crippen LogP contribution < -0.4 is 0 Å². The number of morpholine rings is 1. The molecule has 0 spiro atoms. The topological polar surface area (TPSA) is 45.7 Å². The van der Waals surface area contributed by atoms with Gasteiger partial charge in [-0.25, -0.2) is 0 Å². The van der Waals surface area contributed by atoms with Gasteiger partial charge in [-0.2, -0.15) is 13.2 Å². The highest BCUT2D eigenvalue weighted by molar-refractivity contribution is 5.95. The van der Waals surface area contributed by atoms with Gasteiger partial charge in [0.25, 0.3) is 5.91 Å². The van der Waals surface area contributed by atoms with Gasteiger partial charge in [0.2, 0.25) is 0 Å². The van der Waals surface area contributed by atoms with E-state index in [0.717, 1.165) is 12.6 Å². The number of amides is 1. The van der Waals surface area contributed by atoms with E-state index in [2.05, 4.69) is 9.88 Å². The smallest absolute Gasteiger partial charge is 0.375 e. The molecule has 23 heavy (non-hydrogen) atoms. The summed E-state index contributed by atoms with van der Waals surface area (Å²) in [5.41, 5.74) is -1.33. The quantitative estimate of drug-likeness (QED) is 0.786. The number of likely N-dealkylation sites (tertiary alicyclic amines) is 1. The van der Waals surface area contributed by atoms with Crippen LogP contribution in [0.2, 0.25) is 0 Å². The van der Waals surface area contributed by atoms with E-state index in [9.17, 15) is 18.0 Å². The van der Waals surface area contributed by atoms with Gasteiger partial charge in [-0.3, -0.25) is 14.7 Å². The van der Waals surface area contributed by atoms with E-state index >= 15 is 0 Å². The van der Waals surface area contributed by atoms with Crippen molar-refractivity contribution >= 4 is 5.91 Å². The molecule has 126 valence electrons. The average molecular weight is 329 g/mol. The summed E-state index contributed by atoms with van der Waals surface area (Å²) in [7, 11) is 1.95. The Kier molecular flexibility index (Phi) is 4.29. The summed E-state index contributed by atoms with van der Waals surface area (Å²) in [5.74, 6) is -0.600. The Morgan fingerprint density at radius 1 is 1.39 bits per heavy atom. The molecule has 1 aromatic rings. The summed E-state index contributed by atoms with van der Waals surface area (Å²) in [6.07, 6.45) is -2.01. The number of hydrogen-bond donors (Lipinski definition) is 0. The van der Waals surface area contributed by atoms with Crippen LogP contribution in [0.1, 0.15) is 22.3 Å². The third-order valence-electron chi connectivity index (χ3n) is 4.51. The van der Waals surface area contributed by atoms with Crippen molar-refractivity contribution in [2.75, 3.05) is 33.3 Å². The van der Waals surface area contributed by atoms with Crippen molar-refractivity contribution in [2.24, 2.45) is 0 Å². The molecule has 8 heteroatoms. The summed E-state index contributed by atoms with van der Waals surface area (Å²) in [6, 6.07) is 1.16. The molecule has 1 amide bonds. The van der Waals surface area contributed by atoms with Crippen LogP contribution in [0.15, 0.2) is 18.5 Å². The normalized spacial score (nSPS) is 26.0. The molecule has 5 nitrogen and oxygen atoms in total. The molecule has 2 fully saturated rings. The Morgan fingerprint density at radius 2 is 2.17 bits per heavy atom. The van der Waals surface area contributed by atoms with Gasteiger partial charge in [-0.05, 0) is 19.5 Å². The first kappa shape index (κ1) is 16.2. The van der Waals surface area contributed by atoms with Gasteiger partial charge < -0.3 is 9.64 Å². The maximum Gasteiger partial charge on any atom is 0.418 e. The van der Waals surface area contributed by atoms with E-state index in [1.165, 1.54) is 11.1 Å². The number of carbonyl (C=O) groups is 1. The van der Waals surface area contributed by atoms with Crippen molar-refractivity contribution in [3.63, 3.8) is 0 Å². The third kappa shape index (κ3) is 3.18. The van der Waals surface area contributed by atoms with Crippen LogP contribution in [-0.4, -0.2) is 66.1 Å². The molecular weight excluding hydrogens is 311 g/mol. The Bertz CT molecular complexity index is 594. The van der Waals surface area contributed by atoms with Crippen molar-refractivity contribution in [2.45, 2.75) is 24.7 Å². The van der Waals surface area contributed by atoms with Gasteiger partial charge in [-0.15, -0.1) is 0 Å². The number of hydrogen-bond acceptors (Lipinski definition) is 4. The van der Waals surface area contributed by atoms with Gasteiger partial charge in [-0.1, -0.05) is 0 Å². The zero-order valence-corrected chi connectivity index (χ0v) is 12.7. The molecule has 1 aromatic heterocycles. The fourth-order valence-electron chi connectivity index (χ4n) is 3.20. The molecule has 2 aliphatic heterocycles. The highest BCUT2D eigenvalue weighted by Gasteiger charge is 2.40. The Hall–Kier alpha value is -1.67. The molecule has 2 atom stereocenters. The van der Waals surface area contributed by atoms with Crippen LogP contribution in [-0.2, 0) is 10.9 Å². The molecule has 2 aliphatic rings. The zero-order valence-electron chi connectivity index (χ0n) is 12.7. The number of ether oxygens (including phenoxy) is 1. The molecule has 3 heterocycles. The van der Waals surface area contributed by atoms with Crippen LogP contribution >= 0.6 is 0 Å². The monoisotopic (exact) mass is 329 g/mol. The second kappa shape index (κ2) is 6.09.